The number of nitrogens with two attached hydrogens (primary N) is 1. The fourth-order valence-corrected chi connectivity index (χ4v) is 1.02. The number of anilines is 1. The molecular weight excluding hydrogens is 211 g/mol. The van der Waals surface area contributed by atoms with Crippen molar-refractivity contribution >= 4 is 36.1 Å². The lowest BCUT2D eigenvalue weighted by molar-refractivity contribution is 1.01. The first-order chi connectivity index (χ1) is 5.27. The van der Waals surface area contributed by atoms with E-state index < -0.39 is 0 Å². The van der Waals surface area contributed by atoms with Crippen LogP contribution in [-0.4, -0.2) is 14.6 Å². The second-order valence-corrected chi connectivity index (χ2v) is 2.44. The summed E-state index contributed by atoms with van der Waals surface area (Å²) in [7, 11) is 0. The van der Waals surface area contributed by atoms with Gasteiger partial charge in [-0.1, -0.05) is 0 Å². The van der Waals surface area contributed by atoms with Gasteiger partial charge in [-0.3, -0.25) is 4.40 Å². The number of rotatable bonds is 0. The normalized spacial score (nSPS) is 9.00. The SMILES string of the molecule is Cc1nnc2ccc(N)cn12.Cl.Cl. The molecule has 0 aliphatic heterocycles. The highest BCUT2D eigenvalue weighted by atomic mass is 35.5. The van der Waals surface area contributed by atoms with E-state index in [1.165, 1.54) is 0 Å². The molecule has 2 N–H and O–H groups in total. The zero-order chi connectivity index (χ0) is 7.84. The van der Waals surface area contributed by atoms with E-state index in [1.54, 1.807) is 0 Å². The zero-order valence-corrected chi connectivity index (χ0v) is 8.60. The minimum atomic E-state index is 0. The third-order valence-corrected chi connectivity index (χ3v) is 1.60. The number of hydrogen-bond acceptors (Lipinski definition) is 3. The Morgan fingerprint density at radius 2 is 1.92 bits per heavy atom. The van der Waals surface area contributed by atoms with Crippen molar-refractivity contribution in [2.75, 3.05) is 5.73 Å². The molecule has 0 unspecified atom stereocenters. The summed E-state index contributed by atoms with van der Waals surface area (Å²) >= 11 is 0. The molecule has 0 atom stereocenters. The van der Waals surface area contributed by atoms with Crippen LogP contribution in [0.2, 0.25) is 0 Å². The molecule has 2 aromatic heterocycles. The minimum absolute atomic E-state index is 0. The van der Waals surface area contributed by atoms with E-state index in [4.69, 9.17) is 5.73 Å². The Morgan fingerprint density at radius 3 is 2.62 bits per heavy atom. The Morgan fingerprint density at radius 1 is 1.23 bits per heavy atom. The molecule has 72 valence electrons. The van der Waals surface area contributed by atoms with Crippen LogP contribution < -0.4 is 5.73 Å². The molecule has 6 heteroatoms. The molecule has 0 bridgehead atoms. The molecule has 0 saturated carbocycles. The van der Waals surface area contributed by atoms with E-state index in [0.717, 1.165) is 17.2 Å². The van der Waals surface area contributed by atoms with Crippen LogP contribution >= 0.6 is 24.8 Å². The highest BCUT2D eigenvalue weighted by Gasteiger charge is 1.98. The second-order valence-electron chi connectivity index (χ2n) is 2.44. The van der Waals surface area contributed by atoms with Gasteiger partial charge in [0.2, 0.25) is 0 Å². The lowest BCUT2D eigenvalue weighted by Gasteiger charge is -1.94. The fraction of sp³-hybridized carbons (Fsp3) is 0.143. The van der Waals surface area contributed by atoms with Gasteiger partial charge in [-0.15, -0.1) is 35.0 Å². The first-order valence-corrected chi connectivity index (χ1v) is 3.34. The predicted molar refractivity (Wildman–Crippen MR) is 56.6 cm³/mol. The molecular formula is C7H10Cl2N4. The lowest BCUT2D eigenvalue weighted by Crippen LogP contribution is -1.91. The monoisotopic (exact) mass is 220 g/mol. The second kappa shape index (κ2) is 4.30. The zero-order valence-electron chi connectivity index (χ0n) is 6.97. The van der Waals surface area contributed by atoms with Gasteiger partial charge in [0.1, 0.15) is 5.82 Å². The number of aryl methyl sites for hydroxylation is 1. The van der Waals surface area contributed by atoms with E-state index in [-0.39, 0.29) is 24.8 Å². The van der Waals surface area contributed by atoms with Crippen LogP contribution in [-0.2, 0) is 0 Å². The summed E-state index contributed by atoms with van der Waals surface area (Å²) in [5, 5.41) is 7.81. The van der Waals surface area contributed by atoms with Crippen LogP contribution in [0.15, 0.2) is 18.3 Å². The molecule has 4 nitrogen and oxygen atoms in total. The molecule has 0 aliphatic rings. The van der Waals surface area contributed by atoms with Gasteiger partial charge in [-0.2, -0.15) is 0 Å². The summed E-state index contributed by atoms with van der Waals surface area (Å²) < 4.78 is 1.86. The molecule has 2 aromatic rings. The Hall–Kier alpha value is -1.000. The maximum atomic E-state index is 5.58. The maximum absolute atomic E-state index is 5.58. The summed E-state index contributed by atoms with van der Waals surface area (Å²) in [6.45, 7) is 1.89. The van der Waals surface area contributed by atoms with Crippen LogP contribution in [0.25, 0.3) is 5.65 Å². The average Bonchev–Trinajstić information content (AvgIpc) is 2.33. The van der Waals surface area contributed by atoms with Crippen molar-refractivity contribution in [3.63, 3.8) is 0 Å². The largest absolute Gasteiger partial charge is 0.398 e. The highest BCUT2D eigenvalue weighted by Crippen LogP contribution is 2.06. The van der Waals surface area contributed by atoms with Crippen molar-refractivity contribution < 1.29 is 0 Å². The molecule has 0 spiro atoms. The number of pyridine rings is 1. The first-order valence-electron chi connectivity index (χ1n) is 3.34. The van der Waals surface area contributed by atoms with E-state index in [2.05, 4.69) is 10.2 Å². The minimum Gasteiger partial charge on any atom is -0.398 e. The van der Waals surface area contributed by atoms with Gasteiger partial charge in [-0.05, 0) is 19.1 Å². The quantitative estimate of drug-likeness (QED) is 0.732. The molecule has 0 saturated heterocycles. The van der Waals surface area contributed by atoms with Crippen molar-refractivity contribution in [1.29, 1.82) is 0 Å². The van der Waals surface area contributed by atoms with Crippen LogP contribution in [0.5, 0.6) is 0 Å². The Balaban J connectivity index is 0.000000720. The summed E-state index contributed by atoms with van der Waals surface area (Å²) in [6, 6.07) is 3.65. The number of nitrogen functional groups attached to an aromatic ring is 1. The van der Waals surface area contributed by atoms with Gasteiger partial charge in [-0.25, -0.2) is 0 Å². The Labute approximate surface area is 88.0 Å². The molecule has 0 aromatic carbocycles. The third kappa shape index (κ3) is 2.02. The fourth-order valence-electron chi connectivity index (χ4n) is 1.02. The number of fused-ring (bicyclic) bond motifs is 1. The smallest absolute Gasteiger partial charge is 0.160 e. The lowest BCUT2D eigenvalue weighted by atomic mass is 10.4. The van der Waals surface area contributed by atoms with E-state index >= 15 is 0 Å². The van der Waals surface area contributed by atoms with Gasteiger partial charge in [0.25, 0.3) is 0 Å². The number of halogens is 2. The van der Waals surface area contributed by atoms with Crippen LogP contribution in [0, 0.1) is 6.92 Å². The van der Waals surface area contributed by atoms with Gasteiger partial charge in [0.05, 0.1) is 0 Å². The van der Waals surface area contributed by atoms with Crippen molar-refractivity contribution in [2.45, 2.75) is 6.92 Å². The van der Waals surface area contributed by atoms with Crippen LogP contribution in [0.1, 0.15) is 5.82 Å². The molecule has 0 aliphatic carbocycles. The van der Waals surface area contributed by atoms with Gasteiger partial charge < -0.3 is 5.73 Å². The van der Waals surface area contributed by atoms with Crippen molar-refractivity contribution in [1.82, 2.24) is 14.6 Å². The molecule has 2 heterocycles. The summed E-state index contributed by atoms with van der Waals surface area (Å²) in [5.41, 5.74) is 7.13. The maximum Gasteiger partial charge on any atom is 0.160 e. The topological polar surface area (TPSA) is 56.2 Å². The van der Waals surface area contributed by atoms with Crippen LogP contribution in [0.3, 0.4) is 0 Å². The number of aromatic nitrogens is 3. The Kier molecular flexibility index (Phi) is 3.97. The van der Waals surface area contributed by atoms with Crippen molar-refractivity contribution in [3.05, 3.63) is 24.2 Å². The molecule has 0 radical (unpaired) electrons. The number of nitrogens with zero attached hydrogens (tertiary/aromatic N) is 3. The standard InChI is InChI=1S/C7H8N4.2ClH/c1-5-9-10-7-3-2-6(8)4-11(5)7;;/h2-4H,8H2,1H3;2*1H. The van der Waals surface area contributed by atoms with E-state index in [0.29, 0.717) is 0 Å². The van der Waals surface area contributed by atoms with Gasteiger partial charge in [0.15, 0.2) is 5.65 Å². The Bertz CT molecular complexity index is 398. The van der Waals surface area contributed by atoms with E-state index in [9.17, 15) is 0 Å². The van der Waals surface area contributed by atoms with Crippen LogP contribution in [0.4, 0.5) is 5.69 Å². The highest BCUT2D eigenvalue weighted by molar-refractivity contribution is 5.85. The van der Waals surface area contributed by atoms with Crippen molar-refractivity contribution in [3.8, 4) is 0 Å². The van der Waals surface area contributed by atoms with Crippen molar-refractivity contribution in [2.24, 2.45) is 0 Å². The summed E-state index contributed by atoms with van der Waals surface area (Å²) in [4.78, 5) is 0. The molecule has 13 heavy (non-hydrogen) atoms. The number of hydrogen-bond donors (Lipinski definition) is 1. The summed E-state index contributed by atoms with van der Waals surface area (Å²) in [6.07, 6.45) is 1.81. The molecule has 0 amide bonds. The van der Waals surface area contributed by atoms with Gasteiger partial charge >= 0.3 is 0 Å². The average molecular weight is 221 g/mol. The predicted octanol–water partition coefficient (Wildman–Crippen LogP) is 1.46. The van der Waals surface area contributed by atoms with Gasteiger partial charge in [0, 0.05) is 11.9 Å². The summed E-state index contributed by atoms with van der Waals surface area (Å²) in [5.74, 6) is 0.854. The van der Waals surface area contributed by atoms with E-state index in [1.807, 2.05) is 29.7 Å². The molecule has 2 rings (SSSR count). The third-order valence-electron chi connectivity index (χ3n) is 1.60. The molecule has 0 fully saturated rings. The first kappa shape index (κ1) is 12.0.